The van der Waals surface area contributed by atoms with E-state index in [1.165, 1.54) is 0 Å². The van der Waals surface area contributed by atoms with Crippen LogP contribution in [0.25, 0.3) is 11.0 Å². The molecule has 0 saturated carbocycles. The van der Waals surface area contributed by atoms with Gasteiger partial charge in [0.05, 0.1) is 17.1 Å². The van der Waals surface area contributed by atoms with E-state index >= 15 is 0 Å². The van der Waals surface area contributed by atoms with Gasteiger partial charge in [-0.05, 0) is 57.8 Å². The van der Waals surface area contributed by atoms with E-state index in [4.69, 9.17) is 4.74 Å². The second-order valence-corrected chi connectivity index (χ2v) is 7.52. The number of piperidine rings is 1. The number of hydrogen-bond donors (Lipinski definition) is 2. The number of H-pyrrole nitrogens is 1. The number of carbonyl (C=O) groups is 1. The third-order valence-electron chi connectivity index (χ3n) is 5.78. The van der Waals surface area contributed by atoms with Gasteiger partial charge in [-0.25, -0.2) is 4.98 Å². The van der Waals surface area contributed by atoms with Gasteiger partial charge in [0.25, 0.3) is 0 Å². The second kappa shape index (κ2) is 7.76. The van der Waals surface area contributed by atoms with Crippen LogP contribution in [0.15, 0.2) is 24.3 Å². The Morgan fingerprint density at radius 2 is 1.96 bits per heavy atom. The second-order valence-electron chi connectivity index (χ2n) is 7.52. The number of nitrogens with one attached hydrogen (secondary N) is 2. The minimum Gasteiger partial charge on any atom is -0.381 e. The number of para-hydroxylation sites is 2. The molecule has 0 aliphatic carbocycles. The topological polar surface area (TPSA) is 70.2 Å². The zero-order valence-corrected chi connectivity index (χ0v) is 15.4. The van der Waals surface area contributed by atoms with Crippen molar-refractivity contribution in [2.75, 3.05) is 26.3 Å². The number of ether oxygens (including phenoxy) is 1. The summed E-state index contributed by atoms with van der Waals surface area (Å²) < 4.78 is 5.46. The molecule has 0 radical (unpaired) electrons. The Labute approximate surface area is 154 Å². The quantitative estimate of drug-likeness (QED) is 0.883. The molecule has 2 aromatic rings. The first kappa shape index (κ1) is 17.5. The fourth-order valence-electron chi connectivity index (χ4n) is 4.15. The van der Waals surface area contributed by atoms with Crippen molar-refractivity contribution in [2.24, 2.45) is 5.92 Å². The first-order chi connectivity index (χ1) is 12.7. The van der Waals surface area contributed by atoms with Crippen molar-refractivity contribution in [3.8, 4) is 0 Å². The fraction of sp³-hybridized carbons (Fsp3) is 0.600. The fourth-order valence-corrected chi connectivity index (χ4v) is 4.15. The van der Waals surface area contributed by atoms with Gasteiger partial charge in [-0.3, -0.25) is 4.79 Å². The first-order valence-electron chi connectivity index (χ1n) is 9.77. The van der Waals surface area contributed by atoms with Crippen LogP contribution in [0.5, 0.6) is 0 Å². The molecule has 1 aromatic carbocycles. The third-order valence-corrected chi connectivity index (χ3v) is 5.78. The third kappa shape index (κ3) is 3.76. The maximum absolute atomic E-state index is 12.7. The van der Waals surface area contributed by atoms with Crippen molar-refractivity contribution in [3.05, 3.63) is 30.1 Å². The summed E-state index contributed by atoms with van der Waals surface area (Å²) in [6.07, 6.45) is 4.13. The van der Waals surface area contributed by atoms with Crippen molar-refractivity contribution in [2.45, 2.75) is 44.7 Å². The maximum atomic E-state index is 12.7. The Kier molecular flexibility index (Phi) is 5.22. The number of hydrogen-bond acceptors (Lipinski definition) is 4. The SMILES string of the molecule is C[C@H](NC(=O)C1CCN(C2CCOCC2)CC1)c1nc2ccccc2[nH]1. The molecular weight excluding hydrogens is 328 g/mol. The molecule has 2 fully saturated rings. The van der Waals surface area contributed by atoms with Gasteiger partial charge in [-0.15, -0.1) is 0 Å². The van der Waals surface area contributed by atoms with Gasteiger partial charge in [-0.2, -0.15) is 0 Å². The zero-order chi connectivity index (χ0) is 17.9. The molecule has 1 atom stereocenters. The van der Waals surface area contributed by atoms with Crippen molar-refractivity contribution < 1.29 is 9.53 Å². The van der Waals surface area contributed by atoms with Gasteiger partial charge in [0.2, 0.25) is 5.91 Å². The van der Waals surface area contributed by atoms with Crippen molar-refractivity contribution in [1.82, 2.24) is 20.2 Å². The number of benzene rings is 1. The lowest BCUT2D eigenvalue weighted by Crippen LogP contribution is -2.46. The molecule has 2 N–H and O–H groups in total. The van der Waals surface area contributed by atoms with Crippen LogP contribution in [-0.4, -0.2) is 53.1 Å². The summed E-state index contributed by atoms with van der Waals surface area (Å²) in [4.78, 5) is 23.1. The summed E-state index contributed by atoms with van der Waals surface area (Å²) >= 11 is 0. The molecule has 140 valence electrons. The van der Waals surface area contributed by atoms with E-state index in [9.17, 15) is 4.79 Å². The monoisotopic (exact) mass is 356 g/mol. The van der Waals surface area contributed by atoms with Gasteiger partial charge in [-0.1, -0.05) is 12.1 Å². The number of rotatable bonds is 4. The smallest absolute Gasteiger partial charge is 0.223 e. The number of aromatic nitrogens is 2. The lowest BCUT2D eigenvalue weighted by atomic mass is 9.93. The molecule has 0 spiro atoms. The Morgan fingerprint density at radius 3 is 2.69 bits per heavy atom. The van der Waals surface area contributed by atoms with E-state index in [1.54, 1.807) is 0 Å². The highest BCUT2D eigenvalue weighted by Crippen LogP contribution is 2.24. The zero-order valence-electron chi connectivity index (χ0n) is 15.4. The normalized spacial score (nSPS) is 21.7. The van der Waals surface area contributed by atoms with Crippen molar-refractivity contribution >= 4 is 16.9 Å². The lowest BCUT2D eigenvalue weighted by Gasteiger charge is -2.38. The molecule has 6 heteroatoms. The van der Waals surface area contributed by atoms with E-state index in [1.807, 2.05) is 31.2 Å². The van der Waals surface area contributed by atoms with E-state index in [0.29, 0.717) is 6.04 Å². The highest BCUT2D eigenvalue weighted by Gasteiger charge is 2.30. The molecule has 3 heterocycles. The first-order valence-corrected chi connectivity index (χ1v) is 9.77. The van der Waals surface area contributed by atoms with Gasteiger partial charge >= 0.3 is 0 Å². The van der Waals surface area contributed by atoms with Gasteiger partial charge in [0.15, 0.2) is 0 Å². The summed E-state index contributed by atoms with van der Waals surface area (Å²) in [7, 11) is 0. The van der Waals surface area contributed by atoms with Crippen molar-refractivity contribution in [3.63, 3.8) is 0 Å². The number of fused-ring (bicyclic) bond motifs is 1. The molecule has 6 nitrogen and oxygen atoms in total. The minimum absolute atomic E-state index is 0.108. The summed E-state index contributed by atoms with van der Waals surface area (Å²) in [6.45, 7) is 5.77. The van der Waals surface area contributed by atoms with Crippen LogP contribution < -0.4 is 5.32 Å². The van der Waals surface area contributed by atoms with Crippen LogP contribution in [0.1, 0.15) is 44.5 Å². The summed E-state index contributed by atoms with van der Waals surface area (Å²) in [5, 5.41) is 3.15. The average Bonchev–Trinajstić information content (AvgIpc) is 3.13. The number of amides is 1. The molecule has 1 amide bonds. The number of likely N-dealkylation sites (tertiary alicyclic amines) is 1. The standard InChI is InChI=1S/C20H28N4O2/c1-14(19-22-17-4-2-3-5-18(17)23-19)21-20(25)15-6-10-24(11-7-15)16-8-12-26-13-9-16/h2-5,14-16H,6-13H2,1H3,(H,21,25)(H,22,23)/t14-/m0/s1. The molecule has 0 unspecified atom stereocenters. The Hall–Kier alpha value is -1.92. The largest absolute Gasteiger partial charge is 0.381 e. The number of aromatic amines is 1. The van der Waals surface area contributed by atoms with Crippen LogP contribution >= 0.6 is 0 Å². The van der Waals surface area contributed by atoms with Crippen LogP contribution in [0.2, 0.25) is 0 Å². The van der Waals surface area contributed by atoms with Crippen LogP contribution in [0.4, 0.5) is 0 Å². The summed E-state index contributed by atoms with van der Waals surface area (Å²) in [5.74, 6) is 1.08. The molecular formula is C20H28N4O2. The number of imidazole rings is 1. The minimum atomic E-state index is -0.108. The van der Waals surface area contributed by atoms with Gasteiger partial charge in [0, 0.05) is 25.2 Å². The van der Waals surface area contributed by atoms with Gasteiger partial charge < -0.3 is 19.9 Å². The Balaban J connectivity index is 1.30. The Morgan fingerprint density at radius 1 is 1.23 bits per heavy atom. The molecule has 0 bridgehead atoms. The van der Waals surface area contributed by atoms with E-state index < -0.39 is 0 Å². The maximum Gasteiger partial charge on any atom is 0.223 e. The van der Waals surface area contributed by atoms with E-state index in [-0.39, 0.29) is 17.9 Å². The average molecular weight is 356 g/mol. The van der Waals surface area contributed by atoms with Crippen LogP contribution in [0.3, 0.4) is 0 Å². The highest BCUT2D eigenvalue weighted by atomic mass is 16.5. The molecule has 1 aromatic heterocycles. The predicted octanol–water partition coefficient (Wildman–Crippen LogP) is 2.63. The highest BCUT2D eigenvalue weighted by molar-refractivity contribution is 5.79. The summed E-state index contributed by atoms with van der Waals surface area (Å²) in [6, 6.07) is 8.48. The van der Waals surface area contributed by atoms with E-state index in [0.717, 1.165) is 68.8 Å². The van der Waals surface area contributed by atoms with Crippen LogP contribution in [-0.2, 0) is 9.53 Å². The predicted molar refractivity (Wildman–Crippen MR) is 101 cm³/mol. The summed E-state index contributed by atoms with van der Waals surface area (Å²) in [5.41, 5.74) is 1.95. The molecule has 26 heavy (non-hydrogen) atoms. The number of carbonyl (C=O) groups excluding carboxylic acids is 1. The molecule has 2 aliphatic rings. The Bertz CT molecular complexity index is 712. The van der Waals surface area contributed by atoms with Crippen molar-refractivity contribution in [1.29, 1.82) is 0 Å². The molecule has 2 aliphatic heterocycles. The lowest BCUT2D eigenvalue weighted by molar-refractivity contribution is -0.127. The van der Waals surface area contributed by atoms with E-state index in [2.05, 4.69) is 20.2 Å². The van der Waals surface area contributed by atoms with Gasteiger partial charge in [0.1, 0.15) is 5.82 Å². The number of nitrogens with zero attached hydrogens (tertiary/aromatic N) is 2. The van der Waals surface area contributed by atoms with Crippen LogP contribution in [0, 0.1) is 5.92 Å². The molecule has 4 rings (SSSR count). The molecule has 2 saturated heterocycles.